The van der Waals surface area contributed by atoms with Crippen molar-refractivity contribution >= 4 is 28.9 Å². The lowest BCUT2D eigenvalue weighted by molar-refractivity contribution is -0.136. The summed E-state index contributed by atoms with van der Waals surface area (Å²) in [5.41, 5.74) is 1.11. The van der Waals surface area contributed by atoms with E-state index in [1.807, 2.05) is 37.9 Å². The van der Waals surface area contributed by atoms with E-state index >= 15 is 0 Å². The zero-order valence-corrected chi connectivity index (χ0v) is 24.0. The third-order valence-corrected chi connectivity index (χ3v) is 8.85. The predicted molar refractivity (Wildman–Crippen MR) is 154 cm³/mol. The fourth-order valence-electron chi connectivity index (χ4n) is 7.18. The molecule has 2 saturated heterocycles. The summed E-state index contributed by atoms with van der Waals surface area (Å²) in [6, 6.07) is 5.81. The van der Waals surface area contributed by atoms with Gasteiger partial charge in [-0.1, -0.05) is 19.3 Å². The number of aromatic amines is 1. The van der Waals surface area contributed by atoms with Gasteiger partial charge in [-0.05, 0) is 75.8 Å². The molecule has 1 saturated carbocycles. The smallest absolute Gasteiger partial charge is 0.408 e. The number of benzene rings is 1. The number of nitrogens with zero attached hydrogens (tertiary/aromatic N) is 4. The number of rotatable bonds is 5. The summed E-state index contributed by atoms with van der Waals surface area (Å²) in [4.78, 5) is 44.0. The van der Waals surface area contributed by atoms with E-state index in [2.05, 4.69) is 25.2 Å². The first kappa shape index (κ1) is 27.5. The van der Waals surface area contributed by atoms with Gasteiger partial charge in [-0.25, -0.2) is 19.2 Å². The Morgan fingerprint density at radius 1 is 1.12 bits per heavy atom. The molecule has 0 spiro atoms. The van der Waals surface area contributed by atoms with Crippen molar-refractivity contribution in [2.45, 2.75) is 88.9 Å². The van der Waals surface area contributed by atoms with Crippen LogP contribution in [-0.2, 0) is 9.53 Å². The topological polar surface area (TPSA) is 103 Å². The van der Waals surface area contributed by atoms with Gasteiger partial charge >= 0.3 is 6.09 Å². The molecular weight excluding hydrogens is 523 g/mol. The van der Waals surface area contributed by atoms with Crippen LogP contribution in [0.15, 0.2) is 42.9 Å². The van der Waals surface area contributed by atoms with Gasteiger partial charge < -0.3 is 24.8 Å². The number of nitrogens with one attached hydrogen (secondary N) is 2. The Morgan fingerprint density at radius 2 is 1.88 bits per heavy atom. The van der Waals surface area contributed by atoms with Crippen LogP contribution in [0, 0.1) is 11.7 Å². The highest BCUT2D eigenvalue weighted by Crippen LogP contribution is 2.44. The van der Waals surface area contributed by atoms with Crippen LogP contribution < -0.4 is 10.2 Å². The van der Waals surface area contributed by atoms with Crippen LogP contribution in [0.5, 0.6) is 0 Å². The van der Waals surface area contributed by atoms with E-state index in [-0.39, 0.29) is 35.6 Å². The number of ether oxygens (including phenoxy) is 1. The van der Waals surface area contributed by atoms with Crippen LogP contribution >= 0.6 is 0 Å². The van der Waals surface area contributed by atoms with E-state index in [1.54, 1.807) is 18.5 Å². The summed E-state index contributed by atoms with van der Waals surface area (Å²) in [5.74, 6) is 0.300. The first-order valence-corrected chi connectivity index (χ1v) is 14.8. The number of carbonyl (C=O) groups is 2. The first-order chi connectivity index (χ1) is 19.7. The maximum atomic E-state index is 14.5. The molecule has 1 aliphatic carbocycles. The van der Waals surface area contributed by atoms with Crippen molar-refractivity contribution in [3.63, 3.8) is 0 Å². The van der Waals surface area contributed by atoms with E-state index in [0.717, 1.165) is 55.0 Å². The molecule has 0 bridgehead atoms. The lowest BCUT2D eigenvalue weighted by Gasteiger charge is -2.36. The molecule has 2 aromatic heterocycles. The van der Waals surface area contributed by atoms with Gasteiger partial charge in [0.1, 0.15) is 17.5 Å². The molecule has 10 heteroatoms. The summed E-state index contributed by atoms with van der Waals surface area (Å²) in [6.45, 7) is 6.67. The molecule has 1 aromatic carbocycles. The highest BCUT2D eigenvalue weighted by molar-refractivity contribution is 5.88. The van der Waals surface area contributed by atoms with E-state index in [1.165, 1.54) is 12.1 Å². The van der Waals surface area contributed by atoms with Crippen LogP contribution in [0.3, 0.4) is 0 Å². The number of likely N-dealkylation sites (tertiary alicyclic amines) is 1. The second-order valence-electron chi connectivity index (χ2n) is 12.6. The van der Waals surface area contributed by atoms with Crippen molar-refractivity contribution < 1.29 is 18.7 Å². The normalized spacial score (nSPS) is 24.0. The van der Waals surface area contributed by atoms with Gasteiger partial charge in [-0.3, -0.25) is 4.79 Å². The molecule has 3 aromatic rings. The zero-order valence-electron chi connectivity index (χ0n) is 24.0. The van der Waals surface area contributed by atoms with E-state index in [9.17, 15) is 14.0 Å². The predicted octanol–water partition coefficient (Wildman–Crippen LogP) is 5.14. The highest BCUT2D eigenvalue weighted by Gasteiger charge is 2.53. The zero-order chi connectivity index (χ0) is 28.7. The summed E-state index contributed by atoms with van der Waals surface area (Å²) >= 11 is 0. The Balaban J connectivity index is 1.35. The summed E-state index contributed by atoms with van der Waals surface area (Å²) in [6.07, 6.45) is 10.7. The van der Waals surface area contributed by atoms with Gasteiger partial charge in [0.05, 0.1) is 12.1 Å². The van der Waals surface area contributed by atoms with Crippen LogP contribution in [0.1, 0.15) is 70.8 Å². The molecule has 2 amide bonds. The highest BCUT2D eigenvalue weighted by atomic mass is 19.1. The number of fused-ring (bicyclic) bond motifs is 2. The number of amides is 2. The van der Waals surface area contributed by atoms with E-state index < -0.39 is 17.7 Å². The van der Waals surface area contributed by atoms with Crippen molar-refractivity contribution in [1.29, 1.82) is 0 Å². The molecule has 0 unspecified atom stereocenters. The minimum absolute atomic E-state index is 0.0188. The Hall–Kier alpha value is -3.69. The Morgan fingerprint density at radius 3 is 2.61 bits per heavy atom. The number of aromatic nitrogens is 3. The number of H-pyrrole nitrogens is 1. The number of hydrogen-bond donors (Lipinski definition) is 2. The monoisotopic (exact) mass is 562 g/mol. The Kier molecular flexibility index (Phi) is 7.34. The molecule has 6 rings (SSSR count). The largest absolute Gasteiger partial charge is 0.444 e. The third kappa shape index (κ3) is 5.48. The van der Waals surface area contributed by atoms with Gasteiger partial charge in [0.2, 0.25) is 11.9 Å². The maximum absolute atomic E-state index is 14.5. The maximum Gasteiger partial charge on any atom is 0.408 e. The van der Waals surface area contributed by atoms with Crippen molar-refractivity contribution in [2.75, 3.05) is 18.0 Å². The SMILES string of the molecule is CC(C)(C)OC(=O)N[C@H](C(=O)N1CC[C@@H]2[C@H]1[C@@H](c1c[nH]c3cc(F)ccc13)CN2c1ncccn1)C1CCCCC1. The average molecular weight is 563 g/mol. The minimum Gasteiger partial charge on any atom is -0.444 e. The molecule has 9 nitrogen and oxygen atoms in total. The molecular formula is C31H39FN6O3. The van der Waals surface area contributed by atoms with Crippen molar-refractivity contribution in [3.8, 4) is 0 Å². The number of carbonyl (C=O) groups excluding carboxylic acids is 2. The fourth-order valence-corrected chi connectivity index (χ4v) is 7.18. The number of anilines is 1. The van der Waals surface area contributed by atoms with Gasteiger partial charge in [-0.15, -0.1) is 0 Å². The van der Waals surface area contributed by atoms with Gasteiger partial charge in [0.25, 0.3) is 0 Å². The Bertz CT molecular complexity index is 1400. The van der Waals surface area contributed by atoms with Crippen molar-refractivity contribution in [3.05, 3.63) is 54.2 Å². The first-order valence-electron chi connectivity index (χ1n) is 14.8. The lowest BCUT2D eigenvalue weighted by atomic mass is 9.83. The second kappa shape index (κ2) is 10.9. The van der Waals surface area contributed by atoms with Gasteiger partial charge in [0.15, 0.2) is 0 Å². The van der Waals surface area contributed by atoms with Gasteiger partial charge in [-0.2, -0.15) is 0 Å². The number of halogens is 1. The molecule has 2 aliphatic heterocycles. The molecule has 218 valence electrons. The van der Waals surface area contributed by atoms with E-state index in [4.69, 9.17) is 4.74 Å². The molecule has 0 radical (unpaired) electrons. The number of alkyl carbamates (subject to hydrolysis) is 1. The fraction of sp³-hybridized carbons (Fsp3) is 0.548. The third-order valence-electron chi connectivity index (χ3n) is 8.85. The standard InChI is InChI=1S/C31H39FN6O3/c1-31(2,3)41-30(40)36-26(19-8-5-4-6-9-19)28(39)37-15-12-25-27(37)23(18-38(25)29-33-13-7-14-34-29)22-17-35-24-16-20(32)10-11-21(22)24/h7,10-11,13-14,16-17,19,23,25-27,35H,4-6,8-9,12,15,18H2,1-3H3,(H,36,40)/t23-,25-,26+,27-/m1/s1. The second-order valence-corrected chi connectivity index (χ2v) is 12.6. The summed E-state index contributed by atoms with van der Waals surface area (Å²) in [7, 11) is 0. The molecule has 41 heavy (non-hydrogen) atoms. The van der Waals surface area contributed by atoms with Crippen LogP contribution in [0.25, 0.3) is 10.9 Å². The minimum atomic E-state index is -0.662. The quantitative estimate of drug-likeness (QED) is 0.446. The van der Waals surface area contributed by atoms with Crippen LogP contribution in [0.2, 0.25) is 0 Å². The van der Waals surface area contributed by atoms with Crippen LogP contribution in [-0.4, -0.2) is 68.7 Å². The number of hydrogen-bond acceptors (Lipinski definition) is 6. The Labute approximate surface area is 239 Å². The van der Waals surface area contributed by atoms with Crippen LogP contribution in [0.4, 0.5) is 15.1 Å². The van der Waals surface area contributed by atoms with Gasteiger partial charge in [0, 0.05) is 48.5 Å². The van der Waals surface area contributed by atoms with E-state index in [0.29, 0.717) is 19.0 Å². The molecule has 4 heterocycles. The average Bonchev–Trinajstić information content (AvgIpc) is 3.65. The molecule has 2 N–H and O–H groups in total. The molecule has 4 atom stereocenters. The van der Waals surface area contributed by atoms with Crippen molar-refractivity contribution in [1.82, 2.24) is 25.2 Å². The lowest BCUT2D eigenvalue weighted by Crippen LogP contribution is -2.55. The molecule has 3 fully saturated rings. The molecule has 3 aliphatic rings. The summed E-state index contributed by atoms with van der Waals surface area (Å²) in [5, 5.41) is 3.94. The summed E-state index contributed by atoms with van der Waals surface area (Å²) < 4.78 is 19.6. The van der Waals surface area contributed by atoms with Crippen molar-refractivity contribution in [2.24, 2.45) is 5.92 Å².